The molecule has 2 heterocycles. The maximum atomic E-state index is 5.94. The van der Waals surface area contributed by atoms with Crippen molar-refractivity contribution in [2.45, 2.75) is 19.4 Å². The Morgan fingerprint density at radius 1 is 0.667 bits per heavy atom. The topological polar surface area (TPSA) is 14.2 Å². The van der Waals surface area contributed by atoms with Gasteiger partial charge in [-0.15, -0.1) is 0 Å². The van der Waals surface area contributed by atoms with Crippen molar-refractivity contribution in [3.63, 3.8) is 0 Å². The van der Waals surface area contributed by atoms with Crippen LogP contribution >= 0.6 is 0 Å². The fourth-order valence-corrected chi connectivity index (χ4v) is 3.96. The number of aryl methyl sites for hydroxylation is 1. The predicted octanol–water partition coefficient (Wildman–Crippen LogP) is 6.56. The quantitative estimate of drug-likeness (QED) is 0.406. The maximum absolute atomic E-state index is 5.94. The maximum Gasteiger partial charge on any atom is 0.127 e. The highest BCUT2D eigenvalue weighted by Crippen LogP contribution is 2.40. The van der Waals surface area contributed by atoms with Crippen molar-refractivity contribution in [3.05, 3.63) is 96.8 Å². The van der Waals surface area contributed by atoms with Crippen LogP contribution < -0.4 is 4.74 Å². The number of rotatable bonds is 4. The van der Waals surface area contributed by atoms with Crippen LogP contribution in [0.25, 0.3) is 22.3 Å². The van der Waals surface area contributed by atoms with Gasteiger partial charge in [0, 0.05) is 29.6 Å². The van der Waals surface area contributed by atoms with Gasteiger partial charge in [-0.05, 0) is 48.2 Å². The predicted molar refractivity (Wildman–Crippen MR) is 110 cm³/mol. The van der Waals surface area contributed by atoms with E-state index in [1.54, 1.807) is 0 Å². The second-order valence-corrected chi connectivity index (χ2v) is 6.97. The SMILES string of the molecule is c1ccc(Oc2ccc(-c3cn4c(c3-c3ccccc3)CCC4)cc2)cc1. The van der Waals surface area contributed by atoms with Crippen LogP contribution in [0.1, 0.15) is 12.1 Å². The Bertz CT molecular complexity index is 1050. The van der Waals surface area contributed by atoms with Gasteiger partial charge in [0.25, 0.3) is 0 Å². The number of hydrogen-bond acceptors (Lipinski definition) is 1. The largest absolute Gasteiger partial charge is 0.457 e. The molecule has 0 radical (unpaired) electrons. The molecule has 0 saturated heterocycles. The molecular weight excluding hydrogens is 330 g/mol. The van der Waals surface area contributed by atoms with E-state index in [0.717, 1.165) is 24.5 Å². The summed E-state index contributed by atoms with van der Waals surface area (Å²) in [5.74, 6) is 1.72. The van der Waals surface area contributed by atoms with Crippen LogP contribution in [0.15, 0.2) is 91.1 Å². The molecule has 1 aromatic heterocycles. The van der Waals surface area contributed by atoms with Gasteiger partial charge in [-0.2, -0.15) is 0 Å². The van der Waals surface area contributed by atoms with Crippen LogP contribution in [0, 0.1) is 0 Å². The Labute approximate surface area is 159 Å². The molecule has 0 fully saturated rings. The lowest BCUT2D eigenvalue weighted by atomic mass is 9.96. The number of fused-ring (bicyclic) bond motifs is 1. The first-order valence-corrected chi connectivity index (χ1v) is 9.49. The van der Waals surface area contributed by atoms with Gasteiger partial charge in [0.15, 0.2) is 0 Å². The molecule has 27 heavy (non-hydrogen) atoms. The van der Waals surface area contributed by atoms with Crippen LogP contribution in [-0.2, 0) is 13.0 Å². The van der Waals surface area contributed by atoms with Gasteiger partial charge in [-0.3, -0.25) is 0 Å². The molecule has 0 unspecified atom stereocenters. The summed E-state index contributed by atoms with van der Waals surface area (Å²) in [7, 11) is 0. The number of nitrogens with zero attached hydrogens (tertiary/aromatic N) is 1. The first-order chi connectivity index (χ1) is 13.4. The summed E-state index contributed by atoms with van der Waals surface area (Å²) in [6, 6.07) is 29.1. The molecule has 1 aliphatic heterocycles. The van der Waals surface area contributed by atoms with Crippen LogP contribution in [0.5, 0.6) is 11.5 Å². The van der Waals surface area contributed by atoms with E-state index in [0.29, 0.717) is 0 Å². The normalized spacial score (nSPS) is 12.7. The van der Waals surface area contributed by atoms with Gasteiger partial charge >= 0.3 is 0 Å². The smallest absolute Gasteiger partial charge is 0.127 e. The summed E-state index contributed by atoms with van der Waals surface area (Å²) in [5, 5.41) is 0. The second kappa shape index (κ2) is 6.81. The molecule has 2 nitrogen and oxygen atoms in total. The van der Waals surface area contributed by atoms with Crippen LogP contribution in [-0.4, -0.2) is 4.57 Å². The van der Waals surface area contributed by atoms with Crippen molar-refractivity contribution in [2.75, 3.05) is 0 Å². The number of benzene rings is 3. The van der Waals surface area contributed by atoms with E-state index < -0.39 is 0 Å². The lowest BCUT2D eigenvalue weighted by molar-refractivity contribution is 0.483. The standard InChI is InChI=1S/C25H21NO/c1-3-8-20(9-4-1)25-23(18-26-17-7-12-24(25)26)19-13-15-22(16-14-19)27-21-10-5-2-6-11-21/h1-6,8-11,13-16,18H,7,12,17H2. The molecule has 3 aromatic carbocycles. The van der Waals surface area contributed by atoms with E-state index in [1.165, 1.54) is 34.4 Å². The zero-order valence-electron chi connectivity index (χ0n) is 15.1. The highest BCUT2D eigenvalue weighted by Gasteiger charge is 2.21. The van der Waals surface area contributed by atoms with Gasteiger partial charge in [0.1, 0.15) is 11.5 Å². The number of aromatic nitrogens is 1. The number of para-hydroxylation sites is 1. The van der Waals surface area contributed by atoms with E-state index in [4.69, 9.17) is 4.74 Å². The van der Waals surface area contributed by atoms with E-state index in [9.17, 15) is 0 Å². The Kier molecular flexibility index (Phi) is 4.02. The summed E-state index contributed by atoms with van der Waals surface area (Å²) < 4.78 is 8.36. The molecule has 0 N–H and O–H groups in total. The van der Waals surface area contributed by atoms with Crippen molar-refractivity contribution >= 4 is 0 Å². The molecule has 2 heteroatoms. The first kappa shape index (κ1) is 16.0. The minimum atomic E-state index is 0.859. The van der Waals surface area contributed by atoms with E-state index in [1.807, 2.05) is 30.3 Å². The molecule has 0 saturated carbocycles. The zero-order chi connectivity index (χ0) is 18.1. The summed E-state index contributed by atoms with van der Waals surface area (Å²) >= 11 is 0. The summed E-state index contributed by atoms with van der Waals surface area (Å²) in [5.41, 5.74) is 6.68. The zero-order valence-corrected chi connectivity index (χ0v) is 15.1. The minimum Gasteiger partial charge on any atom is -0.457 e. The van der Waals surface area contributed by atoms with E-state index in [-0.39, 0.29) is 0 Å². The average molecular weight is 351 g/mol. The van der Waals surface area contributed by atoms with Crippen LogP contribution in [0.4, 0.5) is 0 Å². The second-order valence-electron chi connectivity index (χ2n) is 6.97. The van der Waals surface area contributed by atoms with Crippen molar-refractivity contribution < 1.29 is 4.74 Å². The monoisotopic (exact) mass is 351 g/mol. The molecule has 0 spiro atoms. The highest BCUT2D eigenvalue weighted by atomic mass is 16.5. The van der Waals surface area contributed by atoms with Gasteiger partial charge < -0.3 is 9.30 Å². The van der Waals surface area contributed by atoms with Gasteiger partial charge in [0.2, 0.25) is 0 Å². The van der Waals surface area contributed by atoms with Crippen LogP contribution in [0.3, 0.4) is 0 Å². The fourth-order valence-electron chi connectivity index (χ4n) is 3.96. The Morgan fingerprint density at radius 2 is 1.33 bits per heavy atom. The molecule has 1 aliphatic rings. The molecule has 132 valence electrons. The minimum absolute atomic E-state index is 0.859. The van der Waals surface area contributed by atoms with Crippen molar-refractivity contribution in [3.8, 4) is 33.8 Å². The molecule has 0 aliphatic carbocycles. The third-order valence-corrected chi connectivity index (χ3v) is 5.21. The summed E-state index contributed by atoms with van der Waals surface area (Å²) in [6.07, 6.45) is 4.70. The molecule has 0 bridgehead atoms. The lowest BCUT2D eigenvalue weighted by Gasteiger charge is -2.09. The van der Waals surface area contributed by atoms with E-state index in [2.05, 4.69) is 65.4 Å². The molecule has 4 aromatic rings. The lowest BCUT2D eigenvalue weighted by Crippen LogP contribution is -1.88. The average Bonchev–Trinajstić information content (AvgIpc) is 3.31. The third kappa shape index (κ3) is 3.04. The third-order valence-electron chi connectivity index (χ3n) is 5.21. The highest BCUT2D eigenvalue weighted by molar-refractivity contribution is 5.86. The first-order valence-electron chi connectivity index (χ1n) is 9.49. The molecule has 5 rings (SSSR count). The van der Waals surface area contributed by atoms with Crippen LogP contribution in [0.2, 0.25) is 0 Å². The Hall–Kier alpha value is -3.26. The Morgan fingerprint density at radius 3 is 2.07 bits per heavy atom. The number of hydrogen-bond donors (Lipinski definition) is 0. The molecular formula is C25H21NO. The summed E-state index contributed by atoms with van der Waals surface area (Å²) in [6.45, 7) is 1.12. The van der Waals surface area contributed by atoms with E-state index >= 15 is 0 Å². The molecule has 0 atom stereocenters. The van der Waals surface area contributed by atoms with Gasteiger partial charge in [-0.1, -0.05) is 60.7 Å². The summed E-state index contributed by atoms with van der Waals surface area (Å²) in [4.78, 5) is 0. The van der Waals surface area contributed by atoms with Gasteiger partial charge in [-0.25, -0.2) is 0 Å². The number of ether oxygens (including phenoxy) is 1. The molecule has 0 amide bonds. The van der Waals surface area contributed by atoms with Crippen molar-refractivity contribution in [1.29, 1.82) is 0 Å². The Balaban J connectivity index is 1.52. The fraction of sp³-hybridized carbons (Fsp3) is 0.120. The van der Waals surface area contributed by atoms with Crippen molar-refractivity contribution in [2.24, 2.45) is 0 Å². The van der Waals surface area contributed by atoms with Crippen molar-refractivity contribution in [1.82, 2.24) is 4.57 Å². The van der Waals surface area contributed by atoms with Gasteiger partial charge in [0.05, 0.1) is 0 Å².